The predicted molar refractivity (Wildman–Crippen MR) is 101 cm³/mol. The monoisotopic (exact) mass is 372 g/mol. The zero-order valence-electron chi connectivity index (χ0n) is 14.2. The lowest BCUT2D eigenvalue weighted by atomic mass is 10.0. The molecule has 136 valence electrons. The fraction of sp³-hybridized carbons (Fsp3) is 0.158. The Morgan fingerprint density at radius 1 is 1.04 bits per heavy atom. The molecule has 3 aromatic rings. The molecular formula is C19H20N2O4S. The van der Waals surface area contributed by atoms with Gasteiger partial charge in [0.15, 0.2) is 0 Å². The molecule has 0 saturated carbocycles. The van der Waals surface area contributed by atoms with Crippen LogP contribution in [0.3, 0.4) is 0 Å². The molecule has 7 heteroatoms. The zero-order chi connectivity index (χ0) is 19.0. The van der Waals surface area contributed by atoms with E-state index in [-0.39, 0.29) is 5.75 Å². The molecule has 0 aliphatic carbocycles. The third-order valence-corrected chi connectivity index (χ3v) is 4.55. The summed E-state index contributed by atoms with van der Waals surface area (Å²) in [6.45, 7) is 0. The fourth-order valence-electron chi connectivity index (χ4n) is 2.41. The normalized spacial score (nSPS) is 11.9. The summed E-state index contributed by atoms with van der Waals surface area (Å²) >= 11 is 0. The van der Waals surface area contributed by atoms with Crippen LogP contribution in [0.2, 0.25) is 0 Å². The number of nitrogens with one attached hydrogen (secondary N) is 1. The van der Waals surface area contributed by atoms with Crippen molar-refractivity contribution in [2.45, 2.75) is 5.92 Å². The number of carbonyl (C=O) groups excluding carboxylic acids is 1. The number of para-hydroxylation sites is 1. The molecule has 0 spiro atoms. The Hall–Kier alpha value is -2.77. The largest absolute Gasteiger partial charge is 0.289 e. The number of hydrogen-bond donors (Lipinski definition) is 2. The molecule has 0 radical (unpaired) electrons. The summed E-state index contributed by atoms with van der Waals surface area (Å²) in [5.74, 6) is -1.94. The van der Waals surface area contributed by atoms with Crippen molar-refractivity contribution in [1.29, 1.82) is 0 Å². The van der Waals surface area contributed by atoms with Crippen molar-refractivity contribution in [3.05, 3.63) is 78.5 Å². The average Bonchev–Trinajstić information content (AvgIpc) is 2.66. The highest BCUT2D eigenvalue weighted by Gasteiger charge is 2.24. The molecule has 0 fully saturated rings. The third kappa shape index (κ3) is 5.94. The number of rotatable bonds is 4. The van der Waals surface area contributed by atoms with Crippen molar-refractivity contribution >= 4 is 26.6 Å². The number of aromatic nitrogens is 1. The van der Waals surface area contributed by atoms with Crippen LogP contribution in [0.15, 0.2) is 72.9 Å². The fourth-order valence-corrected chi connectivity index (χ4v) is 3.35. The van der Waals surface area contributed by atoms with E-state index < -0.39 is 21.7 Å². The van der Waals surface area contributed by atoms with Crippen LogP contribution in [0.4, 0.5) is 0 Å². The van der Waals surface area contributed by atoms with Crippen molar-refractivity contribution in [2.75, 3.05) is 12.0 Å². The Morgan fingerprint density at radius 3 is 2.27 bits per heavy atom. The lowest BCUT2D eigenvalue weighted by Crippen LogP contribution is -2.30. The van der Waals surface area contributed by atoms with E-state index in [1.54, 1.807) is 30.3 Å². The topological polar surface area (TPSA) is 96.4 Å². The molecule has 1 aromatic heterocycles. The van der Waals surface area contributed by atoms with Crippen molar-refractivity contribution < 1.29 is 18.4 Å². The van der Waals surface area contributed by atoms with Gasteiger partial charge in [-0.15, -0.1) is 0 Å². The molecule has 1 heterocycles. The highest BCUT2D eigenvalue weighted by atomic mass is 32.2. The first kappa shape index (κ1) is 19.6. The number of nitrogens with zero attached hydrogens (tertiary/aromatic N) is 1. The Kier molecular flexibility index (Phi) is 6.82. The number of fused-ring (bicyclic) bond motifs is 1. The Morgan fingerprint density at radius 2 is 1.65 bits per heavy atom. The van der Waals surface area contributed by atoms with Gasteiger partial charge in [0.05, 0.1) is 17.2 Å². The number of benzene rings is 2. The first-order valence-electron chi connectivity index (χ1n) is 7.87. The summed E-state index contributed by atoms with van der Waals surface area (Å²) < 4.78 is 22.3. The molecule has 1 unspecified atom stereocenters. The molecule has 0 aliphatic heterocycles. The molecule has 1 amide bonds. The molecule has 26 heavy (non-hydrogen) atoms. The van der Waals surface area contributed by atoms with Gasteiger partial charge < -0.3 is 0 Å². The van der Waals surface area contributed by atoms with Gasteiger partial charge in [-0.2, -0.15) is 0 Å². The molecule has 2 N–H and O–H groups in total. The van der Waals surface area contributed by atoms with Gasteiger partial charge in [0.2, 0.25) is 0 Å². The van der Waals surface area contributed by atoms with Gasteiger partial charge >= 0.3 is 0 Å². The zero-order valence-corrected chi connectivity index (χ0v) is 15.1. The summed E-state index contributed by atoms with van der Waals surface area (Å²) in [5.41, 5.74) is 3.10. The number of sulfone groups is 1. The highest BCUT2D eigenvalue weighted by Crippen LogP contribution is 2.17. The summed E-state index contributed by atoms with van der Waals surface area (Å²) in [7, 11) is -3.30. The number of pyridine rings is 1. The Labute approximate surface area is 152 Å². The maximum absolute atomic E-state index is 11.4. The van der Waals surface area contributed by atoms with Gasteiger partial charge in [-0.05, 0) is 17.7 Å². The second kappa shape index (κ2) is 9.07. The van der Waals surface area contributed by atoms with Crippen LogP contribution in [-0.4, -0.2) is 36.5 Å². The van der Waals surface area contributed by atoms with Crippen LogP contribution in [0.25, 0.3) is 10.9 Å². The second-order valence-electron chi connectivity index (χ2n) is 5.73. The van der Waals surface area contributed by atoms with Gasteiger partial charge in [0, 0.05) is 17.8 Å². The maximum Gasteiger partial charge on any atom is 0.251 e. The van der Waals surface area contributed by atoms with Crippen molar-refractivity contribution in [3.8, 4) is 0 Å². The standard InChI is InChI=1S/C10H13NO4S.C9H7N/c1-16(14,15)7-9(10(12)11-13)8-5-3-2-4-6-8;1-2-6-9-8(4-1)5-3-7-10-9/h2-6,9,13H,7H2,1H3,(H,11,12);1-7H. The van der Waals surface area contributed by atoms with Gasteiger partial charge in [0.25, 0.3) is 5.91 Å². The predicted octanol–water partition coefficient (Wildman–Crippen LogP) is 2.56. The van der Waals surface area contributed by atoms with Gasteiger partial charge in [-0.1, -0.05) is 54.6 Å². The molecule has 2 aromatic carbocycles. The van der Waals surface area contributed by atoms with E-state index in [0.717, 1.165) is 11.8 Å². The SMILES string of the molecule is CS(=O)(=O)CC(C(=O)NO)c1ccccc1.c1ccc2ncccc2c1. The third-order valence-electron chi connectivity index (χ3n) is 3.61. The minimum atomic E-state index is -3.30. The molecule has 3 rings (SSSR count). The van der Waals surface area contributed by atoms with E-state index in [1.807, 2.05) is 30.5 Å². The molecular weight excluding hydrogens is 352 g/mol. The summed E-state index contributed by atoms with van der Waals surface area (Å²) in [6.07, 6.45) is 2.86. The molecule has 1 atom stereocenters. The molecule has 0 aliphatic rings. The van der Waals surface area contributed by atoms with Crippen LogP contribution in [-0.2, 0) is 14.6 Å². The number of carbonyl (C=O) groups is 1. The summed E-state index contributed by atoms with van der Waals surface area (Å²) in [4.78, 5) is 15.5. The van der Waals surface area contributed by atoms with Crippen LogP contribution < -0.4 is 5.48 Å². The number of hydrogen-bond acceptors (Lipinski definition) is 5. The second-order valence-corrected chi connectivity index (χ2v) is 7.91. The maximum atomic E-state index is 11.4. The van der Waals surface area contributed by atoms with Gasteiger partial charge in [-0.3, -0.25) is 15.0 Å². The lowest BCUT2D eigenvalue weighted by molar-refractivity contribution is -0.130. The average molecular weight is 372 g/mol. The van der Waals surface area contributed by atoms with Crippen LogP contribution in [0.5, 0.6) is 0 Å². The van der Waals surface area contributed by atoms with E-state index in [9.17, 15) is 13.2 Å². The van der Waals surface area contributed by atoms with Crippen molar-refractivity contribution in [1.82, 2.24) is 10.5 Å². The quantitative estimate of drug-likeness (QED) is 0.542. The molecule has 0 bridgehead atoms. The van der Waals surface area contributed by atoms with E-state index >= 15 is 0 Å². The molecule has 0 saturated heterocycles. The lowest BCUT2D eigenvalue weighted by Gasteiger charge is -2.13. The minimum absolute atomic E-state index is 0.330. The minimum Gasteiger partial charge on any atom is -0.289 e. The van der Waals surface area contributed by atoms with Crippen LogP contribution in [0, 0.1) is 0 Å². The van der Waals surface area contributed by atoms with E-state index in [0.29, 0.717) is 5.56 Å². The van der Waals surface area contributed by atoms with Crippen LogP contribution in [0.1, 0.15) is 11.5 Å². The Balaban J connectivity index is 0.000000206. The Bertz CT molecular complexity index is 894. The van der Waals surface area contributed by atoms with E-state index in [2.05, 4.69) is 17.1 Å². The van der Waals surface area contributed by atoms with Crippen LogP contribution >= 0.6 is 0 Å². The van der Waals surface area contributed by atoms with Gasteiger partial charge in [0.1, 0.15) is 9.84 Å². The molecule has 6 nitrogen and oxygen atoms in total. The van der Waals surface area contributed by atoms with Crippen molar-refractivity contribution in [2.24, 2.45) is 0 Å². The highest BCUT2D eigenvalue weighted by molar-refractivity contribution is 7.90. The smallest absolute Gasteiger partial charge is 0.251 e. The van der Waals surface area contributed by atoms with E-state index in [4.69, 9.17) is 5.21 Å². The summed E-state index contributed by atoms with van der Waals surface area (Å²) in [5, 5.41) is 9.77. The first-order chi connectivity index (χ1) is 12.4. The number of hydroxylamine groups is 1. The van der Waals surface area contributed by atoms with E-state index in [1.165, 1.54) is 10.9 Å². The summed E-state index contributed by atoms with van der Waals surface area (Å²) in [6, 6.07) is 20.5. The van der Waals surface area contributed by atoms with Gasteiger partial charge in [-0.25, -0.2) is 13.9 Å². The number of amides is 1. The first-order valence-corrected chi connectivity index (χ1v) is 9.93. The van der Waals surface area contributed by atoms with Crippen molar-refractivity contribution in [3.63, 3.8) is 0 Å².